The lowest BCUT2D eigenvalue weighted by Crippen LogP contribution is -2.26. The van der Waals surface area contributed by atoms with Crippen LogP contribution in [0.25, 0.3) is 0 Å². The topological polar surface area (TPSA) is 84.2 Å². The van der Waals surface area contributed by atoms with Crippen LogP contribution >= 0.6 is 23.4 Å². The minimum Gasteiger partial charge on any atom is -0.493 e. The molecular formula is C17H18ClN3O3S. The van der Waals surface area contributed by atoms with Gasteiger partial charge in [-0.05, 0) is 37.1 Å². The minimum atomic E-state index is -0.320. The highest BCUT2D eigenvalue weighted by atomic mass is 35.5. The van der Waals surface area contributed by atoms with Crippen molar-refractivity contribution in [3.8, 4) is 5.88 Å². The standard InChI is InChI=1S/C17H18ClN3O3S/c18-11-5-7-12(8-6-11)19-15(23)10-25-17-20-14(22)9-16(24)21(17)13-3-1-2-4-13/h5-9,13,22H,1-4,10H2,(H,19,23). The number of benzene rings is 1. The van der Waals surface area contributed by atoms with Gasteiger partial charge in [-0.2, -0.15) is 4.98 Å². The number of thioether (sulfide) groups is 1. The number of carbonyl (C=O) groups excluding carboxylic acids is 1. The number of amides is 1. The maximum Gasteiger partial charge on any atom is 0.258 e. The van der Waals surface area contributed by atoms with Gasteiger partial charge in [-0.3, -0.25) is 14.2 Å². The van der Waals surface area contributed by atoms with Gasteiger partial charge in [0.05, 0.1) is 11.8 Å². The number of nitrogens with zero attached hydrogens (tertiary/aromatic N) is 2. The third kappa shape index (κ3) is 4.55. The zero-order valence-corrected chi connectivity index (χ0v) is 15.0. The fourth-order valence-corrected chi connectivity index (χ4v) is 3.91. The Hall–Kier alpha value is -1.99. The first-order valence-electron chi connectivity index (χ1n) is 8.04. The van der Waals surface area contributed by atoms with Crippen molar-refractivity contribution < 1.29 is 9.90 Å². The Morgan fingerprint density at radius 2 is 2.00 bits per heavy atom. The summed E-state index contributed by atoms with van der Waals surface area (Å²) in [6, 6.07) is 8.02. The van der Waals surface area contributed by atoms with E-state index in [-0.39, 0.29) is 29.1 Å². The Bertz CT molecular complexity index is 817. The van der Waals surface area contributed by atoms with Crippen molar-refractivity contribution in [1.82, 2.24) is 9.55 Å². The lowest BCUT2D eigenvalue weighted by Gasteiger charge is -2.17. The third-order valence-electron chi connectivity index (χ3n) is 4.06. The van der Waals surface area contributed by atoms with Gasteiger partial charge in [0.2, 0.25) is 11.8 Å². The predicted octanol–water partition coefficient (Wildman–Crippen LogP) is 3.45. The van der Waals surface area contributed by atoms with E-state index < -0.39 is 0 Å². The van der Waals surface area contributed by atoms with Crippen LogP contribution in [0.1, 0.15) is 31.7 Å². The fourth-order valence-electron chi connectivity index (χ4n) is 2.92. The van der Waals surface area contributed by atoms with Crippen LogP contribution in [-0.4, -0.2) is 26.3 Å². The molecule has 6 nitrogen and oxygen atoms in total. The van der Waals surface area contributed by atoms with Crippen LogP contribution in [-0.2, 0) is 4.79 Å². The van der Waals surface area contributed by atoms with Crippen LogP contribution in [0, 0.1) is 0 Å². The lowest BCUT2D eigenvalue weighted by molar-refractivity contribution is -0.113. The van der Waals surface area contributed by atoms with Crippen LogP contribution in [0.5, 0.6) is 5.88 Å². The Balaban J connectivity index is 1.70. The van der Waals surface area contributed by atoms with Crippen molar-refractivity contribution in [3.63, 3.8) is 0 Å². The first-order chi connectivity index (χ1) is 12.0. The summed E-state index contributed by atoms with van der Waals surface area (Å²) in [6.07, 6.45) is 3.96. The molecule has 1 aliphatic carbocycles. The van der Waals surface area contributed by atoms with Crippen molar-refractivity contribution in [1.29, 1.82) is 0 Å². The monoisotopic (exact) mass is 379 g/mol. The van der Waals surface area contributed by atoms with E-state index in [1.54, 1.807) is 28.8 Å². The second-order valence-electron chi connectivity index (χ2n) is 5.89. The zero-order valence-electron chi connectivity index (χ0n) is 13.4. The van der Waals surface area contributed by atoms with Crippen molar-refractivity contribution >= 4 is 35.0 Å². The van der Waals surface area contributed by atoms with Gasteiger partial charge in [-0.25, -0.2) is 0 Å². The van der Waals surface area contributed by atoms with Gasteiger partial charge in [0.1, 0.15) is 0 Å². The molecule has 3 rings (SSSR count). The lowest BCUT2D eigenvalue weighted by atomic mass is 10.2. The normalized spacial score (nSPS) is 14.6. The number of aromatic nitrogens is 2. The molecule has 0 radical (unpaired) electrons. The molecule has 0 aliphatic heterocycles. The average molecular weight is 380 g/mol. The van der Waals surface area contributed by atoms with Gasteiger partial charge in [0.15, 0.2) is 5.16 Å². The number of hydrogen-bond donors (Lipinski definition) is 2. The molecule has 1 aromatic heterocycles. The highest BCUT2D eigenvalue weighted by molar-refractivity contribution is 7.99. The van der Waals surface area contributed by atoms with E-state index in [1.807, 2.05) is 0 Å². The van der Waals surface area contributed by atoms with E-state index in [9.17, 15) is 14.7 Å². The van der Waals surface area contributed by atoms with Gasteiger partial charge < -0.3 is 10.4 Å². The number of nitrogens with one attached hydrogen (secondary N) is 1. The summed E-state index contributed by atoms with van der Waals surface area (Å²) in [7, 11) is 0. The SMILES string of the molecule is O=C(CSc1nc(O)cc(=O)n1C1CCCC1)Nc1ccc(Cl)cc1. The first kappa shape index (κ1) is 17.8. The van der Waals surface area contributed by atoms with Crippen LogP contribution in [0.2, 0.25) is 5.02 Å². The van der Waals surface area contributed by atoms with Crippen molar-refractivity contribution in [2.75, 3.05) is 11.1 Å². The number of halogens is 1. The maximum absolute atomic E-state index is 12.3. The van der Waals surface area contributed by atoms with Crippen LogP contribution in [0.15, 0.2) is 40.3 Å². The zero-order chi connectivity index (χ0) is 17.8. The van der Waals surface area contributed by atoms with Crippen LogP contribution in [0.4, 0.5) is 5.69 Å². The number of anilines is 1. The highest BCUT2D eigenvalue weighted by Crippen LogP contribution is 2.31. The molecule has 132 valence electrons. The predicted molar refractivity (Wildman–Crippen MR) is 98.5 cm³/mol. The summed E-state index contributed by atoms with van der Waals surface area (Å²) < 4.78 is 1.60. The van der Waals surface area contributed by atoms with Gasteiger partial charge in [-0.15, -0.1) is 0 Å². The second-order valence-corrected chi connectivity index (χ2v) is 7.27. The van der Waals surface area contributed by atoms with E-state index in [1.165, 1.54) is 0 Å². The van der Waals surface area contributed by atoms with E-state index in [0.29, 0.717) is 15.9 Å². The molecule has 1 amide bonds. The molecule has 8 heteroatoms. The first-order valence-corrected chi connectivity index (χ1v) is 9.40. The molecule has 1 saturated carbocycles. The van der Waals surface area contributed by atoms with Crippen molar-refractivity contribution in [3.05, 3.63) is 45.7 Å². The molecule has 0 unspecified atom stereocenters. The molecule has 25 heavy (non-hydrogen) atoms. The van der Waals surface area contributed by atoms with E-state index in [0.717, 1.165) is 43.5 Å². The summed E-state index contributed by atoms with van der Waals surface area (Å²) in [5.74, 6) is -0.451. The van der Waals surface area contributed by atoms with Crippen LogP contribution < -0.4 is 10.9 Å². The second kappa shape index (κ2) is 7.93. The average Bonchev–Trinajstić information content (AvgIpc) is 3.08. The molecule has 0 saturated heterocycles. The summed E-state index contributed by atoms with van der Waals surface area (Å²) in [4.78, 5) is 28.4. The molecule has 2 N–H and O–H groups in total. The number of aromatic hydroxyl groups is 1. The molecule has 0 spiro atoms. The Labute approximate surface area is 154 Å². The van der Waals surface area contributed by atoms with Crippen molar-refractivity contribution in [2.24, 2.45) is 0 Å². The molecule has 1 fully saturated rings. The maximum atomic E-state index is 12.3. The molecule has 1 heterocycles. The Morgan fingerprint density at radius 1 is 1.32 bits per heavy atom. The summed E-state index contributed by atoms with van der Waals surface area (Å²) in [6.45, 7) is 0. The molecule has 1 aromatic carbocycles. The molecule has 2 aromatic rings. The summed E-state index contributed by atoms with van der Waals surface area (Å²) in [5, 5.41) is 13.4. The van der Waals surface area contributed by atoms with Gasteiger partial charge in [0, 0.05) is 16.8 Å². The van der Waals surface area contributed by atoms with E-state index in [2.05, 4.69) is 10.3 Å². The summed E-state index contributed by atoms with van der Waals surface area (Å²) in [5.41, 5.74) is 0.368. The molecule has 0 bridgehead atoms. The summed E-state index contributed by atoms with van der Waals surface area (Å²) >= 11 is 6.96. The smallest absolute Gasteiger partial charge is 0.258 e. The van der Waals surface area contributed by atoms with Gasteiger partial charge >= 0.3 is 0 Å². The number of rotatable bonds is 5. The number of carbonyl (C=O) groups is 1. The molecular weight excluding hydrogens is 362 g/mol. The quantitative estimate of drug-likeness (QED) is 0.614. The van der Waals surface area contributed by atoms with E-state index >= 15 is 0 Å². The Kier molecular flexibility index (Phi) is 5.65. The van der Waals surface area contributed by atoms with E-state index in [4.69, 9.17) is 11.6 Å². The fraction of sp³-hybridized carbons (Fsp3) is 0.353. The van der Waals surface area contributed by atoms with Gasteiger partial charge in [-0.1, -0.05) is 36.2 Å². The number of hydrogen-bond acceptors (Lipinski definition) is 5. The van der Waals surface area contributed by atoms with Crippen molar-refractivity contribution in [2.45, 2.75) is 36.9 Å². The van der Waals surface area contributed by atoms with Crippen LogP contribution in [0.3, 0.4) is 0 Å². The minimum absolute atomic E-state index is 0.0856. The molecule has 0 atom stereocenters. The van der Waals surface area contributed by atoms with Gasteiger partial charge in [0.25, 0.3) is 5.56 Å². The molecule has 1 aliphatic rings. The third-order valence-corrected chi connectivity index (χ3v) is 5.26. The highest BCUT2D eigenvalue weighted by Gasteiger charge is 2.22. The Morgan fingerprint density at radius 3 is 2.68 bits per heavy atom. The largest absolute Gasteiger partial charge is 0.493 e.